The monoisotopic (exact) mass is 244 g/mol. The molecule has 0 aliphatic heterocycles. The molecule has 4 nitrogen and oxygen atoms in total. The van der Waals surface area contributed by atoms with Gasteiger partial charge in [0.05, 0.1) is 17.3 Å². The number of nitrogens with one attached hydrogen (secondary N) is 1. The van der Waals surface area contributed by atoms with Crippen LogP contribution in [0.1, 0.15) is 11.3 Å². The molecule has 0 unspecified atom stereocenters. The second-order valence-electron chi connectivity index (χ2n) is 4.00. The first-order chi connectivity index (χ1) is 8.67. The molecule has 1 aromatic carbocycles. The lowest BCUT2D eigenvalue weighted by atomic mass is 10.2. The van der Waals surface area contributed by atoms with E-state index < -0.39 is 5.82 Å². The van der Waals surface area contributed by atoms with Gasteiger partial charge in [0.2, 0.25) is 0 Å². The first kappa shape index (κ1) is 12.1. The Balaban J connectivity index is 1.94. The van der Waals surface area contributed by atoms with E-state index in [-0.39, 0.29) is 0 Å². The first-order valence-electron chi connectivity index (χ1n) is 5.60. The molecule has 0 radical (unpaired) electrons. The summed E-state index contributed by atoms with van der Waals surface area (Å²) >= 11 is 0. The van der Waals surface area contributed by atoms with Crippen LogP contribution < -0.4 is 5.32 Å². The zero-order valence-electron chi connectivity index (χ0n) is 10.0. The molecular weight excluding hydrogens is 231 g/mol. The Kier molecular flexibility index (Phi) is 3.58. The fourth-order valence-corrected chi connectivity index (χ4v) is 1.69. The summed E-state index contributed by atoms with van der Waals surface area (Å²) < 4.78 is 14.9. The van der Waals surface area contributed by atoms with Gasteiger partial charge in [0.15, 0.2) is 0 Å². The average molecular weight is 244 g/mol. The molecule has 1 N–H and O–H groups in total. The van der Waals surface area contributed by atoms with Gasteiger partial charge in [-0.25, -0.2) is 4.39 Å². The normalized spacial score (nSPS) is 10.1. The molecule has 18 heavy (non-hydrogen) atoms. The lowest BCUT2D eigenvalue weighted by molar-refractivity contribution is 0.627. The van der Waals surface area contributed by atoms with Crippen molar-refractivity contribution in [1.29, 1.82) is 5.26 Å². The second kappa shape index (κ2) is 5.32. The average Bonchev–Trinajstić information content (AvgIpc) is 2.74. The van der Waals surface area contributed by atoms with Crippen LogP contribution in [0.2, 0.25) is 0 Å². The van der Waals surface area contributed by atoms with Crippen molar-refractivity contribution in [1.82, 2.24) is 9.78 Å². The van der Waals surface area contributed by atoms with Crippen LogP contribution in [0.4, 0.5) is 10.1 Å². The number of benzene rings is 1. The van der Waals surface area contributed by atoms with Gasteiger partial charge in [-0.05, 0) is 24.3 Å². The van der Waals surface area contributed by atoms with Gasteiger partial charge in [-0.2, -0.15) is 10.4 Å². The quantitative estimate of drug-likeness (QED) is 0.896. The Hall–Kier alpha value is -2.35. The molecule has 0 amide bonds. The molecule has 0 aliphatic carbocycles. The van der Waals surface area contributed by atoms with Gasteiger partial charge in [0.1, 0.15) is 5.82 Å². The number of halogens is 1. The van der Waals surface area contributed by atoms with E-state index in [4.69, 9.17) is 5.26 Å². The third-order valence-electron chi connectivity index (χ3n) is 2.51. The largest absolute Gasteiger partial charge is 0.385 e. The minimum Gasteiger partial charge on any atom is -0.385 e. The van der Waals surface area contributed by atoms with Crippen molar-refractivity contribution in [3.63, 3.8) is 0 Å². The van der Waals surface area contributed by atoms with E-state index in [1.54, 1.807) is 10.7 Å². The van der Waals surface area contributed by atoms with Crippen molar-refractivity contribution in [3.05, 3.63) is 47.5 Å². The number of aromatic nitrogens is 2. The number of anilines is 1. The van der Waals surface area contributed by atoms with Crippen molar-refractivity contribution < 1.29 is 4.39 Å². The van der Waals surface area contributed by atoms with Crippen LogP contribution in [0.3, 0.4) is 0 Å². The van der Waals surface area contributed by atoms with Crippen LogP contribution in [0, 0.1) is 17.1 Å². The predicted octanol–water partition coefficient (Wildman–Crippen LogP) is 2.09. The summed E-state index contributed by atoms with van der Waals surface area (Å²) in [5, 5.41) is 16.1. The Morgan fingerprint density at radius 2 is 2.28 bits per heavy atom. The molecule has 5 heteroatoms. The van der Waals surface area contributed by atoms with E-state index in [2.05, 4.69) is 10.4 Å². The highest BCUT2D eigenvalue weighted by Crippen LogP contribution is 2.13. The van der Waals surface area contributed by atoms with E-state index in [1.165, 1.54) is 12.1 Å². The van der Waals surface area contributed by atoms with Crippen LogP contribution in [0.15, 0.2) is 30.5 Å². The molecule has 0 atom stereocenters. The van der Waals surface area contributed by atoms with Crippen LogP contribution in [0.5, 0.6) is 0 Å². The lowest BCUT2D eigenvalue weighted by Crippen LogP contribution is -2.06. The highest BCUT2D eigenvalue weighted by molar-refractivity contribution is 5.49. The molecule has 0 saturated heterocycles. The number of nitriles is 1. The lowest BCUT2D eigenvalue weighted by Gasteiger charge is -2.05. The molecule has 92 valence electrons. The summed E-state index contributed by atoms with van der Waals surface area (Å²) in [7, 11) is 1.86. The molecule has 1 aromatic heterocycles. The number of nitrogens with zero attached hydrogens (tertiary/aromatic N) is 3. The second-order valence-corrected chi connectivity index (χ2v) is 4.00. The van der Waals surface area contributed by atoms with Crippen LogP contribution >= 0.6 is 0 Å². The van der Waals surface area contributed by atoms with Gasteiger partial charge in [-0.1, -0.05) is 0 Å². The number of aryl methyl sites for hydroxylation is 1. The number of hydrogen-bond acceptors (Lipinski definition) is 3. The van der Waals surface area contributed by atoms with E-state index in [9.17, 15) is 4.39 Å². The molecule has 0 saturated carbocycles. The number of rotatable bonds is 4. The summed E-state index contributed by atoms with van der Waals surface area (Å²) in [5.41, 5.74) is 1.90. The zero-order chi connectivity index (χ0) is 13.0. The Bertz CT molecular complexity index is 583. The van der Waals surface area contributed by atoms with Gasteiger partial charge in [-0.15, -0.1) is 0 Å². The molecule has 0 spiro atoms. The Morgan fingerprint density at radius 3 is 2.94 bits per heavy atom. The van der Waals surface area contributed by atoms with Crippen LogP contribution in [-0.2, 0) is 13.5 Å². The summed E-state index contributed by atoms with van der Waals surface area (Å²) in [6, 6.07) is 8.08. The number of hydrogen-bond donors (Lipinski definition) is 1. The summed E-state index contributed by atoms with van der Waals surface area (Å²) in [6.07, 6.45) is 2.63. The Labute approximate surface area is 105 Å². The van der Waals surface area contributed by atoms with E-state index in [1.807, 2.05) is 25.4 Å². The standard InChI is InChI=1S/C13H13FN4/c1-18-5-3-12(17-18)2-4-16-13-7-10(9-15)6-11(14)8-13/h3,5-8,16H,2,4H2,1H3. The summed E-state index contributed by atoms with van der Waals surface area (Å²) in [6.45, 7) is 0.644. The van der Waals surface area contributed by atoms with Gasteiger partial charge < -0.3 is 5.32 Å². The van der Waals surface area contributed by atoms with Gasteiger partial charge in [0.25, 0.3) is 0 Å². The van der Waals surface area contributed by atoms with Crippen LogP contribution in [-0.4, -0.2) is 16.3 Å². The predicted molar refractivity (Wildman–Crippen MR) is 66.5 cm³/mol. The molecule has 1 heterocycles. The third kappa shape index (κ3) is 3.08. The third-order valence-corrected chi connectivity index (χ3v) is 2.51. The maximum absolute atomic E-state index is 13.2. The minimum absolute atomic E-state index is 0.315. The summed E-state index contributed by atoms with van der Waals surface area (Å²) in [4.78, 5) is 0. The molecule has 0 fully saturated rings. The van der Waals surface area contributed by atoms with Gasteiger partial charge in [-0.3, -0.25) is 4.68 Å². The molecule has 0 aliphatic rings. The van der Waals surface area contributed by atoms with Crippen LogP contribution in [0.25, 0.3) is 0 Å². The van der Waals surface area contributed by atoms with Gasteiger partial charge in [0, 0.05) is 31.9 Å². The highest BCUT2D eigenvalue weighted by atomic mass is 19.1. The molecule has 0 bridgehead atoms. The molecule has 2 aromatic rings. The van der Waals surface area contributed by atoms with Gasteiger partial charge >= 0.3 is 0 Å². The van der Waals surface area contributed by atoms with Crippen molar-refractivity contribution in [3.8, 4) is 6.07 Å². The van der Waals surface area contributed by atoms with Crippen molar-refractivity contribution in [2.24, 2.45) is 7.05 Å². The smallest absolute Gasteiger partial charge is 0.126 e. The SMILES string of the molecule is Cn1ccc(CCNc2cc(F)cc(C#N)c2)n1. The maximum atomic E-state index is 13.2. The van der Waals surface area contributed by atoms with Crippen molar-refractivity contribution >= 4 is 5.69 Å². The highest BCUT2D eigenvalue weighted by Gasteiger charge is 2.01. The maximum Gasteiger partial charge on any atom is 0.126 e. The first-order valence-corrected chi connectivity index (χ1v) is 5.60. The van der Waals surface area contributed by atoms with Crippen molar-refractivity contribution in [2.45, 2.75) is 6.42 Å². The fraction of sp³-hybridized carbons (Fsp3) is 0.231. The Morgan fingerprint density at radius 1 is 1.44 bits per heavy atom. The van der Waals surface area contributed by atoms with E-state index in [0.29, 0.717) is 17.8 Å². The summed E-state index contributed by atoms with van der Waals surface area (Å²) in [5.74, 6) is -0.408. The fourth-order valence-electron chi connectivity index (χ4n) is 1.69. The van der Waals surface area contributed by atoms with Crippen molar-refractivity contribution in [2.75, 3.05) is 11.9 Å². The molecule has 2 rings (SSSR count). The minimum atomic E-state index is -0.408. The van der Waals surface area contributed by atoms with E-state index >= 15 is 0 Å². The molecular formula is C13H13FN4. The zero-order valence-corrected chi connectivity index (χ0v) is 10.0. The topological polar surface area (TPSA) is 53.6 Å². The van der Waals surface area contributed by atoms with E-state index in [0.717, 1.165) is 12.1 Å².